The van der Waals surface area contributed by atoms with Crippen molar-refractivity contribution >= 4 is 17.4 Å². The zero-order valence-electron chi connectivity index (χ0n) is 20.2. The van der Waals surface area contributed by atoms with Gasteiger partial charge in [-0.15, -0.1) is 0 Å². The van der Waals surface area contributed by atoms with E-state index in [1.54, 1.807) is 12.1 Å². The van der Waals surface area contributed by atoms with Gasteiger partial charge in [0.15, 0.2) is 17.3 Å². The fraction of sp³-hybridized carbons (Fsp3) is 0.481. The molecular formula is C27H32FN3O5. The number of ether oxygens (including phenoxy) is 2. The first-order chi connectivity index (χ1) is 17.5. The topological polar surface area (TPSA) is 91.3 Å². The quantitative estimate of drug-likeness (QED) is 0.428. The first kappa shape index (κ1) is 24.5. The normalized spacial score (nSPS) is 19.2. The summed E-state index contributed by atoms with van der Waals surface area (Å²) in [7, 11) is 0. The summed E-state index contributed by atoms with van der Waals surface area (Å²) in [6, 6.07) is 8.96. The fourth-order valence-electron chi connectivity index (χ4n) is 5.17. The van der Waals surface area contributed by atoms with Gasteiger partial charge in [-0.05, 0) is 80.7 Å². The number of nitrogens with one attached hydrogen (secondary N) is 1. The van der Waals surface area contributed by atoms with Crippen molar-refractivity contribution in [3.63, 3.8) is 0 Å². The van der Waals surface area contributed by atoms with E-state index in [1.807, 2.05) is 12.1 Å². The van der Waals surface area contributed by atoms with Gasteiger partial charge in [-0.2, -0.15) is 0 Å². The molecule has 2 atom stereocenters. The molecule has 0 unspecified atom stereocenters. The zero-order valence-corrected chi connectivity index (χ0v) is 20.2. The van der Waals surface area contributed by atoms with Crippen molar-refractivity contribution in [3.8, 4) is 11.5 Å². The van der Waals surface area contributed by atoms with Crippen LogP contribution in [0.3, 0.4) is 0 Å². The smallest absolute Gasteiger partial charge is 0.292 e. The summed E-state index contributed by atoms with van der Waals surface area (Å²) < 4.78 is 25.5. The number of carbonyl (C=O) groups is 2. The van der Waals surface area contributed by atoms with Crippen molar-refractivity contribution in [2.24, 2.45) is 0 Å². The van der Waals surface area contributed by atoms with Crippen molar-refractivity contribution in [3.05, 3.63) is 53.3 Å². The number of carbonyl (C=O) groups excluding carboxylic acids is 2. The fourth-order valence-corrected chi connectivity index (χ4v) is 5.17. The molecule has 0 bridgehead atoms. The lowest BCUT2D eigenvalue weighted by Crippen LogP contribution is -2.48. The summed E-state index contributed by atoms with van der Waals surface area (Å²) >= 11 is 0. The number of amides is 1. The lowest BCUT2D eigenvalue weighted by atomic mass is 10.00. The minimum absolute atomic E-state index is 0.0184. The number of aliphatic hydroxyl groups excluding tert-OH is 1. The maximum absolute atomic E-state index is 14.6. The van der Waals surface area contributed by atoms with Gasteiger partial charge >= 0.3 is 0 Å². The third-order valence-corrected chi connectivity index (χ3v) is 7.12. The van der Waals surface area contributed by atoms with E-state index in [0.717, 1.165) is 57.5 Å². The number of halogens is 1. The molecule has 2 fully saturated rings. The van der Waals surface area contributed by atoms with Crippen LogP contribution in [0.4, 0.5) is 10.1 Å². The highest BCUT2D eigenvalue weighted by Gasteiger charge is 2.31. The van der Waals surface area contributed by atoms with Crippen molar-refractivity contribution < 1.29 is 28.6 Å². The molecule has 36 heavy (non-hydrogen) atoms. The molecular weight excluding hydrogens is 465 g/mol. The molecule has 8 nitrogen and oxygen atoms in total. The number of hydrogen-bond donors (Lipinski definition) is 2. The van der Waals surface area contributed by atoms with E-state index in [2.05, 4.69) is 15.1 Å². The predicted molar refractivity (Wildman–Crippen MR) is 132 cm³/mol. The van der Waals surface area contributed by atoms with Gasteiger partial charge in [0.1, 0.15) is 19.3 Å². The zero-order chi connectivity index (χ0) is 25.1. The molecule has 3 heterocycles. The summed E-state index contributed by atoms with van der Waals surface area (Å²) in [6.45, 7) is 4.52. The first-order valence-corrected chi connectivity index (χ1v) is 12.7. The van der Waals surface area contributed by atoms with Gasteiger partial charge in [-0.25, -0.2) is 4.39 Å². The van der Waals surface area contributed by atoms with Gasteiger partial charge in [0.25, 0.3) is 5.91 Å². The maximum Gasteiger partial charge on any atom is 0.292 e. The Morgan fingerprint density at radius 2 is 1.64 bits per heavy atom. The van der Waals surface area contributed by atoms with Crippen LogP contribution in [0.1, 0.15) is 47.7 Å². The highest BCUT2D eigenvalue weighted by molar-refractivity contribution is 6.42. The van der Waals surface area contributed by atoms with Gasteiger partial charge in [0.05, 0.1) is 6.04 Å². The van der Waals surface area contributed by atoms with Crippen LogP contribution in [-0.4, -0.2) is 73.7 Å². The second-order valence-corrected chi connectivity index (χ2v) is 9.63. The Hall–Kier alpha value is -3.17. The van der Waals surface area contributed by atoms with Crippen LogP contribution in [0.2, 0.25) is 0 Å². The summed E-state index contributed by atoms with van der Waals surface area (Å²) in [5.41, 5.74) is 1.58. The molecule has 5 rings (SSSR count). The number of Topliss-reactive ketones (excluding diaryl/α,β-unsaturated/α-hetero) is 1. The molecule has 0 saturated carbocycles. The Bertz CT molecular complexity index is 1100. The first-order valence-electron chi connectivity index (χ1n) is 12.7. The van der Waals surface area contributed by atoms with Gasteiger partial charge < -0.3 is 29.7 Å². The second-order valence-electron chi connectivity index (χ2n) is 9.63. The van der Waals surface area contributed by atoms with E-state index in [4.69, 9.17) is 9.47 Å². The summed E-state index contributed by atoms with van der Waals surface area (Å²) in [4.78, 5) is 30.3. The molecule has 1 amide bonds. The Labute approximate surface area is 210 Å². The number of nitrogens with zero attached hydrogens (tertiary/aromatic N) is 2. The number of aliphatic hydroxyl groups is 1. The van der Waals surface area contributed by atoms with Crippen LogP contribution in [0, 0.1) is 5.82 Å². The van der Waals surface area contributed by atoms with Crippen LogP contribution in [0.5, 0.6) is 11.5 Å². The number of rotatable bonds is 8. The highest BCUT2D eigenvalue weighted by atomic mass is 19.1. The van der Waals surface area contributed by atoms with Gasteiger partial charge in [-0.1, -0.05) is 0 Å². The summed E-state index contributed by atoms with van der Waals surface area (Å²) in [5, 5.41) is 13.9. The molecule has 9 heteroatoms. The van der Waals surface area contributed by atoms with E-state index in [1.165, 1.54) is 12.1 Å². The number of anilines is 1. The number of benzene rings is 2. The summed E-state index contributed by atoms with van der Waals surface area (Å²) in [6.07, 6.45) is 3.11. The SMILES string of the molecule is O=C(N[C@H](CN1CCCC1)[C@@H](O)c1cc(F)c2c(c1)OCCO2)C(=O)c1ccc(N2CCCC2)cc1. The molecule has 0 aromatic heterocycles. The summed E-state index contributed by atoms with van der Waals surface area (Å²) in [5.74, 6) is -1.87. The average molecular weight is 498 g/mol. The van der Waals surface area contributed by atoms with Crippen molar-refractivity contribution in [2.75, 3.05) is 50.8 Å². The average Bonchev–Trinajstić information content (AvgIpc) is 3.62. The standard InChI is InChI=1S/C27H32FN3O5/c28-21-15-19(16-23-26(21)36-14-13-35-23)24(32)22(17-30-9-1-2-10-30)29-27(34)25(33)18-5-7-20(8-6-18)31-11-3-4-12-31/h5-8,15-16,22,24,32H,1-4,9-14,17H2,(H,29,34)/t22-,24+/m1/s1. The molecule has 2 N–H and O–H groups in total. The van der Waals surface area contributed by atoms with Crippen molar-refractivity contribution in [2.45, 2.75) is 37.8 Å². The largest absolute Gasteiger partial charge is 0.486 e. The molecule has 2 aromatic carbocycles. The second kappa shape index (κ2) is 10.8. The van der Waals surface area contributed by atoms with E-state index in [9.17, 15) is 19.1 Å². The molecule has 3 aliphatic rings. The van der Waals surface area contributed by atoms with Gasteiger partial charge in [0, 0.05) is 30.9 Å². The third kappa shape index (κ3) is 5.32. The number of ketones is 1. The Kier molecular flexibility index (Phi) is 7.38. The molecule has 192 valence electrons. The van der Waals surface area contributed by atoms with Crippen LogP contribution < -0.4 is 19.7 Å². The van der Waals surface area contributed by atoms with Crippen molar-refractivity contribution in [1.82, 2.24) is 10.2 Å². The lowest BCUT2D eigenvalue weighted by Gasteiger charge is -2.29. The van der Waals surface area contributed by atoms with Crippen molar-refractivity contribution in [1.29, 1.82) is 0 Å². The van der Waals surface area contributed by atoms with E-state index < -0.39 is 29.7 Å². The number of likely N-dealkylation sites (tertiary alicyclic amines) is 1. The Morgan fingerprint density at radius 3 is 2.36 bits per heavy atom. The molecule has 0 aliphatic carbocycles. The molecule has 2 aromatic rings. The monoisotopic (exact) mass is 497 g/mol. The van der Waals surface area contributed by atoms with E-state index in [0.29, 0.717) is 6.54 Å². The maximum atomic E-state index is 14.6. The molecule has 0 radical (unpaired) electrons. The Morgan fingerprint density at radius 1 is 0.972 bits per heavy atom. The van der Waals surface area contributed by atoms with E-state index in [-0.39, 0.29) is 35.8 Å². The molecule has 0 spiro atoms. The third-order valence-electron chi connectivity index (χ3n) is 7.12. The molecule has 2 saturated heterocycles. The minimum Gasteiger partial charge on any atom is -0.486 e. The predicted octanol–water partition coefficient (Wildman–Crippen LogP) is 2.69. The van der Waals surface area contributed by atoms with Crippen LogP contribution in [0.25, 0.3) is 0 Å². The van der Waals surface area contributed by atoms with Gasteiger partial charge in [0.2, 0.25) is 5.78 Å². The molecule has 3 aliphatic heterocycles. The van der Waals surface area contributed by atoms with E-state index >= 15 is 0 Å². The minimum atomic E-state index is -1.25. The lowest BCUT2D eigenvalue weighted by molar-refractivity contribution is -0.118. The number of hydrogen-bond acceptors (Lipinski definition) is 7. The van der Waals surface area contributed by atoms with Crippen LogP contribution in [0.15, 0.2) is 36.4 Å². The Balaban J connectivity index is 1.32. The van der Waals surface area contributed by atoms with Gasteiger partial charge in [-0.3, -0.25) is 9.59 Å². The number of fused-ring (bicyclic) bond motifs is 1. The highest BCUT2D eigenvalue weighted by Crippen LogP contribution is 2.36. The van der Waals surface area contributed by atoms with Crippen LogP contribution in [-0.2, 0) is 4.79 Å². The van der Waals surface area contributed by atoms with Crippen LogP contribution >= 0.6 is 0 Å².